The molecule has 0 spiro atoms. The predicted molar refractivity (Wildman–Crippen MR) is 120 cm³/mol. The molecule has 0 aliphatic heterocycles. The van der Waals surface area contributed by atoms with Crippen molar-refractivity contribution in [3.05, 3.63) is 99.7 Å². The van der Waals surface area contributed by atoms with Gasteiger partial charge in [0.1, 0.15) is 12.4 Å². The summed E-state index contributed by atoms with van der Waals surface area (Å²) in [5.41, 5.74) is 10.0. The molecule has 0 radical (unpaired) electrons. The molecule has 140 valence electrons. The Hall–Kier alpha value is -2.84. The molecule has 28 heavy (non-hydrogen) atoms. The van der Waals surface area contributed by atoms with Gasteiger partial charge in [0.15, 0.2) is 0 Å². The van der Waals surface area contributed by atoms with Crippen molar-refractivity contribution < 1.29 is 4.74 Å². The zero-order valence-electron chi connectivity index (χ0n) is 16.5. The van der Waals surface area contributed by atoms with Crippen LogP contribution in [0.1, 0.15) is 22.3 Å². The van der Waals surface area contributed by atoms with Crippen LogP contribution in [0.4, 0.5) is 0 Å². The molecular formula is C26H24OS. The number of ether oxygens (including phenoxy) is 1. The highest BCUT2D eigenvalue weighted by Crippen LogP contribution is 2.43. The third-order valence-electron chi connectivity index (χ3n) is 5.38. The molecule has 1 aromatic heterocycles. The average molecular weight is 385 g/mol. The predicted octanol–water partition coefficient (Wildman–Crippen LogP) is 7.59. The first kappa shape index (κ1) is 18.5. The van der Waals surface area contributed by atoms with Gasteiger partial charge in [0, 0.05) is 16.7 Å². The van der Waals surface area contributed by atoms with Crippen LogP contribution in [0.25, 0.3) is 22.3 Å². The van der Waals surface area contributed by atoms with Gasteiger partial charge < -0.3 is 4.74 Å². The third-order valence-corrected chi connectivity index (χ3v) is 6.12. The van der Waals surface area contributed by atoms with Crippen molar-refractivity contribution in [3.8, 4) is 28.0 Å². The Kier molecular flexibility index (Phi) is 5.31. The fourth-order valence-electron chi connectivity index (χ4n) is 3.56. The standard InChI is InChI=1S/C26H24OS/c1-18-14-25(27-15-21-10-6-4-7-11-21)26(20(3)19(18)2)24-17-28-16-23(24)22-12-8-5-9-13-22/h4-14,16-17H,15H2,1-3H3. The first-order valence-corrected chi connectivity index (χ1v) is 10.5. The molecule has 0 saturated carbocycles. The normalized spacial score (nSPS) is 10.8. The van der Waals surface area contributed by atoms with Crippen LogP contribution in [0.3, 0.4) is 0 Å². The smallest absolute Gasteiger partial charge is 0.128 e. The van der Waals surface area contributed by atoms with E-state index in [2.05, 4.69) is 92.2 Å². The maximum atomic E-state index is 6.36. The van der Waals surface area contributed by atoms with Crippen LogP contribution in [0.2, 0.25) is 0 Å². The van der Waals surface area contributed by atoms with Crippen LogP contribution in [0.5, 0.6) is 5.75 Å². The fraction of sp³-hybridized carbons (Fsp3) is 0.154. The van der Waals surface area contributed by atoms with Crippen molar-refractivity contribution in [2.75, 3.05) is 0 Å². The van der Waals surface area contributed by atoms with Gasteiger partial charge in [-0.15, -0.1) is 0 Å². The van der Waals surface area contributed by atoms with E-state index in [1.165, 1.54) is 44.5 Å². The molecule has 4 rings (SSSR count). The highest BCUT2D eigenvalue weighted by atomic mass is 32.1. The summed E-state index contributed by atoms with van der Waals surface area (Å²) in [7, 11) is 0. The lowest BCUT2D eigenvalue weighted by Crippen LogP contribution is -2.01. The molecule has 0 unspecified atom stereocenters. The van der Waals surface area contributed by atoms with E-state index < -0.39 is 0 Å². The van der Waals surface area contributed by atoms with Gasteiger partial charge >= 0.3 is 0 Å². The number of aryl methyl sites for hydroxylation is 1. The molecule has 0 bridgehead atoms. The summed E-state index contributed by atoms with van der Waals surface area (Å²) < 4.78 is 6.36. The van der Waals surface area contributed by atoms with Crippen LogP contribution in [-0.4, -0.2) is 0 Å². The largest absolute Gasteiger partial charge is 0.488 e. The van der Waals surface area contributed by atoms with Crippen LogP contribution in [0.15, 0.2) is 77.5 Å². The van der Waals surface area contributed by atoms with E-state index in [0.717, 1.165) is 5.75 Å². The molecule has 0 saturated heterocycles. The lowest BCUT2D eigenvalue weighted by atomic mass is 9.91. The molecule has 0 atom stereocenters. The number of thiophene rings is 1. The molecule has 0 aliphatic carbocycles. The van der Waals surface area contributed by atoms with Gasteiger partial charge in [0.2, 0.25) is 0 Å². The Balaban J connectivity index is 1.81. The lowest BCUT2D eigenvalue weighted by molar-refractivity contribution is 0.307. The SMILES string of the molecule is Cc1cc(OCc2ccccc2)c(-c2cscc2-c2ccccc2)c(C)c1C. The Morgan fingerprint density at radius 1 is 0.750 bits per heavy atom. The second-order valence-electron chi connectivity index (χ2n) is 7.16. The third kappa shape index (κ3) is 3.61. The summed E-state index contributed by atoms with van der Waals surface area (Å²) in [6.07, 6.45) is 0. The van der Waals surface area contributed by atoms with E-state index in [-0.39, 0.29) is 0 Å². The molecule has 4 aromatic rings. The van der Waals surface area contributed by atoms with Crippen LogP contribution >= 0.6 is 11.3 Å². The van der Waals surface area contributed by atoms with E-state index in [1.54, 1.807) is 11.3 Å². The quantitative estimate of drug-likeness (QED) is 0.344. The zero-order chi connectivity index (χ0) is 19.5. The minimum Gasteiger partial charge on any atom is -0.488 e. The highest BCUT2D eigenvalue weighted by molar-refractivity contribution is 7.08. The Morgan fingerprint density at radius 3 is 2.11 bits per heavy atom. The number of hydrogen-bond acceptors (Lipinski definition) is 2. The number of benzene rings is 3. The van der Waals surface area contributed by atoms with Crippen LogP contribution in [-0.2, 0) is 6.61 Å². The van der Waals surface area contributed by atoms with E-state index in [0.29, 0.717) is 6.61 Å². The van der Waals surface area contributed by atoms with Gasteiger partial charge in [0.25, 0.3) is 0 Å². The minimum atomic E-state index is 0.570. The first-order chi connectivity index (χ1) is 13.6. The second kappa shape index (κ2) is 8.04. The van der Waals surface area contributed by atoms with Gasteiger partial charge in [-0.05, 0) is 65.4 Å². The minimum absolute atomic E-state index is 0.570. The number of hydrogen-bond donors (Lipinski definition) is 0. The number of rotatable bonds is 5. The molecular weight excluding hydrogens is 360 g/mol. The van der Waals surface area contributed by atoms with E-state index in [1.807, 2.05) is 6.07 Å². The molecule has 2 heteroatoms. The van der Waals surface area contributed by atoms with Gasteiger partial charge in [0.05, 0.1) is 0 Å². The fourth-order valence-corrected chi connectivity index (χ4v) is 4.41. The molecule has 1 nitrogen and oxygen atoms in total. The summed E-state index contributed by atoms with van der Waals surface area (Å²) in [5, 5.41) is 4.48. The summed E-state index contributed by atoms with van der Waals surface area (Å²) in [4.78, 5) is 0. The van der Waals surface area contributed by atoms with Gasteiger partial charge in [-0.3, -0.25) is 0 Å². The maximum absolute atomic E-state index is 6.36. The van der Waals surface area contributed by atoms with Crippen molar-refractivity contribution in [2.24, 2.45) is 0 Å². The molecule has 0 N–H and O–H groups in total. The molecule has 1 heterocycles. The Bertz CT molecular complexity index is 1080. The van der Waals surface area contributed by atoms with Crippen molar-refractivity contribution in [2.45, 2.75) is 27.4 Å². The van der Waals surface area contributed by atoms with Crippen molar-refractivity contribution in [3.63, 3.8) is 0 Å². The molecule has 0 amide bonds. The molecule has 0 fully saturated rings. The van der Waals surface area contributed by atoms with Crippen molar-refractivity contribution >= 4 is 11.3 Å². The zero-order valence-corrected chi connectivity index (χ0v) is 17.3. The van der Waals surface area contributed by atoms with Gasteiger partial charge in [-0.1, -0.05) is 60.7 Å². The Morgan fingerprint density at radius 2 is 1.39 bits per heavy atom. The van der Waals surface area contributed by atoms with E-state index in [4.69, 9.17) is 4.74 Å². The average Bonchev–Trinajstić information content (AvgIpc) is 3.21. The van der Waals surface area contributed by atoms with Crippen molar-refractivity contribution in [1.82, 2.24) is 0 Å². The lowest BCUT2D eigenvalue weighted by Gasteiger charge is -2.19. The summed E-state index contributed by atoms with van der Waals surface area (Å²) in [5.74, 6) is 0.958. The van der Waals surface area contributed by atoms with Gasteiger partial charge in [-0.2, -0.15) is 11.3 Å². The highest BCUT2D eigenvalue weighted by Gasteiger charge is 2.18. The maximum Gasteiger partial charge on any atom is 0.128 e. The summed E-state index contributed by atoms with van der Waals surface area (Å²) >= 11 is 1.74. The molecule has 3 aromatic carbocycles. The monoisotopic (exact) mass is 384 g/mol. The second-order valence-corrected chi connectivity index (χ2v) is 7.90. The molecule has 0 aliphatic rings. The van der Waals surface area contributed by atoms with Crippen LogP contribution in [0, 0.1) is 20.8 Å². The van der Waals surface area contributed by atoms with Gasteiger partial charge in [-0.25, -0.2) is 0 Å². The van der Waals surface area contributed by atoms with Crippen molar-refractivity contribution in [1.29, 1.82) is 0 Å². The summed E-state index contributed by atoms with van der Waals surface area (Å²) in [6.45, 7) is 7.14. The van der Waals surface area contributed by atoms with Crippen LogP contribution < -0.4 is 4.74 Å². The Labute approximate surface area is 171 Å². The van der Waals surface area contributed by atoms with E-state index in [9.17, 15) is 0 Å². The summed E-state index contributed by atoms with van der Waals surface area (Å²) in [6, 6.07) is 23.1. The topological polar surface area (TPSA) is 9.23 Å². The van der Waals surface area contributed by atoms with E-state index >= 15 is 0 Å². The first-order valence-electron chi connectivity index (χ1n) is 9.54.